The van der Waals surface area contributed by atoms with Crippen molar-refractivity contribution < 1.29 is 9.90 Å². The summed E-state index contributed by atoms with van der Waals surface area (Å²) in [5.74, 6) is 0.0651. The third-order valence-corrected chi connectivity index (χ3v) is 3.60. The van der Waals surface area contributed by atoms with Gasteiger partial charge in [0.15, 0.2) is 0 Å². The molecule has 1 fully saturated rings. The van der Waals surface area contributed by atoms with Crippen molar-refractivity contribution in [1.29, 1.82) is 0 Å². The number of rotatable bonds is 5. The van der Waals surface area contributed by atoms with Gasteiger partial charge in [-0.05, 0) is 31.3 Å². The Bertz CT molecular complexity index is 268. The highest BCUT2D eigenvalue weighted by Gasteiger charge is 2.26. The minimum Gasteiger partial charge on any atom is -0.396 e. The Hall–Kier alpha value is -0.650. The number of carbonyl (C=O) groups is 1. The van der Waals surface area contributed by atoms with E-state index in [2.05, 4.69) is 36.3 Å². The first-order valence-electron chi connectivity index (χ1n) is 7.27. The van der Waals surface area contributed by atoms with E-state index >= 15 is 0 Å². The molecule has 0 aromatic carbocycles. The van der Waals surface area contributed by atoms with Crippen LogP contribution in [-0.4, -0.2) is 61.3 Å². The molecule has 1 atom stereocenters. The number of hydrogen-bond acceptors (Lipinski definition) is 4. The first kappa shape index (κ1) is 16.4. The maximum Gasteiger partial charge on any atom is 0.234 e. The fraction of sp³-hybridized carbons (Fsp3) is 0.929. The zero-order valence-electron chi connectivity index (χ0n) is 12.5. The van der Waals surface area contributed by atoms with Crippen LogP contribution in [0.4, 0.5) is 0 Å². The van der Waals surface area contributed by atoms with Gasteiger partial charge < -0.3 is 15.7 Å². The van der Waals surface area contributed by atoms with E-state index in [9.17, 15) is 4.79 Å². The standard InChI is InChI=1S/C14H29N3O2/c1-14(2,3)12(5-10-18)16-13(19)11-17-8-4-6-15-7-9-17/h12,15,18H,4-11H2,1-3H3,(H,16,19). The lowest BCUT2D eigenvalue weighted by Crippen LogP contribution is -2.48. The number of nitrogens with one attached hydrogen (secondary N) is 2. The molecule has 1 heterocycles. The topological polar surface area (TPSA) is 64.6 Å². The van der Waals surface area contributed by atoms with Gasteiger partial charge in [0.1, 0.15) is 0 Å². The van der Waals surface area contributed by atoms with Crippen molar-refractivity contribution in [2.75, 3.05) is 39.3 Å². The maximum atomic E-state index is 12.1. The van der Waals surface area contributed by atoms with Crippen LogP contribution in [0.5, 0.6) is 0 Å². The van der Waals surface area contributed by atoms with Crippen LogP contribution in [0, 0.1) is 5.41 Å². The van der Waals surface area contributed by atoms with Crippen LogP contribution in [0.1, 0.15) is 33.6 Å². The van der Waals surface area contributed by atoms with Crippen LogP contribution in [0.3, 0.4) is 0 Å². The summed E-state index contributed by atoms with van der Waals surface area (Å²) in [6.45, 7) is 10.7. The molecule has 19 heavy (non-hydrogen) atoms. The number of amides is 1. The van der Waals surface area contributed by atoms with Gasteiger partial charge in [0, 0.05) is 25.7 Å². The van der Waals surface area contributed by atoms with E-state index in [1.807, 2.05) is 0 Å². The Morgan fingerprint density at radius 2 is 2.11 bits per heavy atom. The van der Waals surface area contributed by atoms with Crippen LogP contribution in [-0.2, 0) is 4.79 Å². The molecule has 1 amide bonds. The first-order chi connectivity index (χ1) is 8.93. The molecule has 3 N–H and O–H groups in total. The fourth-order valence-corrected chi connectivity index (χ4v) is 2.35. The van der Waals surface area contributed by atoms with E-state index in [0.29, 0.717) is 13.0 Å². The molecule has 0 saturated carbocycles. The lowest BCUT2D eigenvalue weighted by atomic mass is 9.85. The van der Waals surface area contributed by atoms with Crippen LogP contribution in [0.2, 0.25) is 0 Å². The van der Waals surface area contributed by atoms with Gasteiger partial charge >= 0.3 is 0 Å². The van der Waals surface area contributed by atoms with Gasteiger partial charge in [0.2, 0.25) is 5.91 Å². The van der Waals surface area contributed by atoms with Gasteiger partial charge in [-0.25, -0.2) is 0 Å². The molecule has 0 aromatic heterocycles. The quantitative estimate of drug-likeness (QED) is 0.668. The van der Waals surface area contributed by atoms with Gasteiger partial charge in [-0.1, -0.05) is 20.8 Å². The molecular weight excluding hydrogens is 242 g/mol. The average molecular weight is 271 g/mol. The van der Waals surface area contributed by atoms with E-state index in [0.717, 1.165) is 32.6 Å². The summed E-state index contributed by atoms with van der Waals surface area (Å²) in [6.07, 6.45) is 1.70. The molecular formula is C14H29N3O2. The maximum absolute atomic E-state index is 12.1. The minimum atomic E-state index is -0.0290. The van der Waals surface area contributed by atoms with Crippen molar-refractivity contribution >= 4 is 5.91 Å². The number of carbonyl (C=O) groups excluding carboxylic acids is 1. The molecule has 1 aliphatic rings. The van der Waals surface area contributed by atoms with Crippen molar-refractivity contribution in [3.05, 3.63) is 0 Å². The second-order valence-corrected chi connectivity index (χ2v) is 6.38. The van der Waals surface area contributed by atoms with Gasteiger partial charge in [-0.2, -0.15) is 0 Å². The van der Waals surface area contributed by atoms with Crippen molar-refractivity contribution in [2.45, 2.75) is 39.7 Å². The van der Waals surface area contributed by atoms with E-state index in [1.54, 1.807) is 0 Å². The van der Waals surface area contributed by atoms with Crippen LogP contribution in [0.25, 0.3) is 0 Å². The van der Waals surface area contributed by atoms with Gasteiger partial charge in [-0.15, -0.1) is 0 Å². The normalized spacial score (nSPS) is 19.8. The SMILES string of the molecule is CC(C)(C)C(CCO)NC(=O)CN1CCCNCC1. The Morgan fingerprint density at radius 3 is 2.74 bits per heavy atom. The van der Waals surface area contributed by atoms with Crippen molar-refractivity contribution in [3.8, 4) is 0 Å². The lowest BCUT2D eigenvalue weighted by molar-refractivity contribution is -0.123. The molecule has 1 rings (SSSR count). The molecule has 0 spiro atoms. The van der Waals surface area contributed by atoms with Crippen LogP contribution in [0.15, 0.2) is 0 Å². The predicted molar refractivity (Wildman–Crippen MR) is 77.0 cm³/mol. The molecule has 112 valence electrons. The second-order valence-electron chi connectivity index (χ2n) is 6.38. The summed E-state index contributed by atoms with van der Waals surface area (Å²) in [7, 11) is 0. The first-order valence-corrected chi connectivity index (χ1v) is 7.27. The minimum absolute atomic E-state index is 0.0232. The predicted octanol–water partition coefficient (Wildman–Crippen LogP) is 0.195. The number of nitrogens with zero attached hydrogens (tertiary/aromatic N) is 1. The Kier molecular flexibility index (Phi) is 6.75. The summed E-state index contributed by atoms with van der Waals surface area (Å²) in [4.78, 5) is 14.3. The summed E-state index contributed by atoms with van der Waals surface area (Å²) < 4.78 is 0. The Labute approximate surface area is 116 Å². The molecule has 0 bridgehead atoms. The van der Waals surface area contributed by atoms with E-state index in [-0.39, 0.29) is 24.0 Å². The fourth-order valence-electron chi connectivity index (χ4n) is 2.35. The molecule has 5 nitrogen and oxygen atoms in total. The van der Waals surface area contributed by atoms with Gasteiger partial charge in [-0.3, -0.25) is 9.69 Å². The molecule has 1 unspecified atom stereocenters. The summed E-state index contributed by atoms with van der Waals surface area (Å²) in [6, 6.07) is 0.0232. The molecule has 0 aromatic rings. The molecule has 0 aliphatic carbocycles. The largest absolute Gasteiger partial charge is 0.396 e. The Balaban J connectivity index is 2.43. The zero-order chi connectivity index (χ0) is 14.3. The van der Waals surface area contributed by atoms with Crippen LogP contribution >= 0.6 is 0 Å². The van der Waals surface area contributed by atoms with Crippen molar-refractivity contribution in [1.82, 2.24) is 15.5 Å². The molecule has 5 heteroatoms. The monoisotopic (exact) mass is 271 g/mol. The van der Waals surface area contributed by atoms with E-state index in [1.165, 1.54) is 0 Å². The highest BCUT2D eigenvalue weighted by molar-refractivity contribution is 5.78. The lowest BCUT2D eigenvalue weighted by Gasteiger charge is -2.32. The Morgan fingerprint density at radius 1 is 1.37 bits per heavy atom. The second kappa shape index (κ2) is 7.82. The molecule has 1 saturated heterocycles. The highest BCUT2D eigenvalue weighted by atomic mass is 16.3. The zero-order valence-corrected chi connectivity index (χ0v) is 12.5. The van der Waals surface area contributed by atoms with Crippen molar-refractivity contribution in [2.24, 2.45) is 5.41 Å². The van der Waals surface area contributed by atoms with Gasteiger partial charge in [0.05, 0.1) is 6.54 Å². The number of hydrogen-bond donors (Lipinski definition) is 3. The summed E-state index contributed by atoms with van der Waals surface area (Å²) >= 11 is 0. The van der Waals surface area contributed by atoms with E-state index in [4.69, 9.17) is 5.11 Å². The third-order valence-electron chi connectivity index (χ3n) is 3.60. The number of aliphatic hydroxyl groups excluding tert-OH is 1. The van der Waals surface area contributed by atoms with E-state index < -0.39 is 0 Å². The average Bonchev–Trinajstić information content (AvgIpc) is 2.56. The molecule has 0 radical (unpaired) electrons. The summed E-state index contributed by atoms with van der Waals surface area (Å²) in [5, 5.41) is 15.5. The van der Waals surface area contributed by atoms with Gasteiger partial charge in [0.25, 0.3) is 0 Å². The third kappa shape index (κ3) is 6.36. The van der Waals surface area contributed by atoms with Crippen molar-refractivity contribution in [3.63, 3.8) is 0 Å². The smallest absolute Gasteiger partial charge is 0.234 e. The summed E-state index contributed by atoms with van der Waals surface area (Å²) in [5.41, 5.74) is -0.0290. The highest BCUT2D eigenvalue weighted by Crippen LogP contribution is 2.21. The number of aliphatic hydroxyl groups is 1. The molecule has 1 aliphatic heterocycles. The van der Waals surface area contributed by atoms with Crippen LogP contribution < -0.4 is 10.6 Å².